The molecule has 0 aliphatic heterocycles. The molecular weight excluding hydrogens is 222 g/mol. The van der Waals surface area contributed by atoms with E-state index in [1.807, 2.05) is 12.1 Å². The van der Waals surface area contributed by atoms with Crippen molar-refractivity contribution in [1.29, 1.82) is 0 Å². The Hall–Kier alpha value is -1.30. The van der Waals surface area contributed by atoms with E-state index in [0.29, 0.717) is 12.0 Å². The van der Waals surface area contributed by atoms with Crippen molar-refractivity contribution in [2.75, 3.05) is 13.7 Å². The van der Waals surface area contributed by atoms with Gasteiger partial charge >= 0.3 is 0 Å². The van der Waals surface area contributed by atoms with E-state index >= 15 is 0 Å². The maximum Gasteiger partial charge on any atom is 0.104 e. The zero-order chi connectivity index (χ0) is 13.5. The summed E-state index contributed by atoms with van der Waals surface area (Å²) < 4.78 is 0. The summed E-state index contributed by atoms with van der Waals surface area (Å²) in [6.45, 7) is 7.57. The van der Waals surface area contributed by atoms with Crippen LogP contribution in [0.5, 0.6) is 0 Å². The molecule has 0 aliphatic rings. The SMILES string of the molecule is CC(C)C(C)N(C)Cc1cccc(C#CCO)c1. The summed E-state index contributed by atoms with van der Waals surface area (Å²) in [5.41, 5.74) is 2.22. The molecule has 2 nitrogen and oxygen atoms in total. The van der Waals surface area contributed by atoms with Crippen molar-refractivity contribution in [3.8, 4) is 11.8 Å². The Morgan fingerprint density at radius 3 is 2.61 bits per heavy atom. The zero-order valence-electron chi connectivity index (χ0n) is 11.8. The first-order valence-corrected chi connectivity index (χ1v) is 6.43. The molecule has 1 rings (SSSR count). The summed E-state index contributed by atoms with van der Waals surface area (Å²) >= 11 is 0. The quantitative estimate of drug-likeness (QED) is 0.824. The Kier molecular flexibility index (Phi) is 5.91. The van der Waals surface area contributed by atoms with Crippen molar-refractivity contribution in [2.45, 2.75) is 33.4 Å². The predicted molar refractivity (Wildman–Crippen MR) is 76.2 cm³/mol. The summed E-state index contributed by atoms with van der Waals surface area (Å²) in [6.07, 6.45) is 0. The zero-order valence-corrected chi connectivity index (χ0v) is 11.8. The van der Waals surface area contributed by atoms with Gasteiger partial charge < -0.3 is 5.11 Å². The Morgan fingerprint density at radius 2 is 2.00 bits per heavy atom. The average molecular weight is 245 g/mol. The molecule has 1 atom stereocenters. The summed E-state index contributed by atoms with van der Waals surface area (Å²) in [5.74, 6) is 6.27. The lowest BCUT2D eigenvalue weighted by Gasteiger charge is -2.27. The monoisotopic (exact) mass is 245 g/mol. The topological polar surface area (TPSA) is 23.5 Å². The second-order valence-corrected chi connectivity index (χ2v) is 5.06. The maximum absolute atomic E-state index is 8.69. The molecule has 1 unspecified atom stereocenters. The second-order valence-electron chi connectivity index (χ2n) is 5.06. The molecule has 1 aromatic rings. The van der Waals surface area contributed by atoms with Gasteiger partial charge in [-0.25, -0.2) is 0 Å². The van der Waals surface area contributed by atoms with E-state index in [1.54, 1.807) is 0 Å². The van der Waals surface area contributed by atoms with Gasteiger partial charge in [0.2, 0.25) is 0 Å². The van der Waals surface area contributed by atoms with E-state index in [4.69, 9.17) is 5.11 Å². The van der Waals surface area contributed by atoms with Gasteiger partial charge in [-0.15, -0.1) is 0 Å². The van der Waals surface area contributed by atoms with Crippen LogP contribution in [0, 0.1) is 17.8 Å². The maximum atomic E-state index is 8.69. The third-order valence-corrected chi connectivity index (χ3v) is 3.33. The molecule has 0 bridgehead atoms. The summed E-state index contributed by atoms with van der Waals surface area (Å²) in [6, 6.07) is 8.75. The highest BCUT2D eigenvalue weighted by atomic mass is 16.2. The van der Waals surface area contributed by atoms with E-state index in [0.717, 1.165) is 12.1 Å². The summed E-state index contributed by atoms with van der Waals surface area (Å²) in [7, 11) is 2.15. The van der Waals surface area contributed by atoms with Gasteiger partial charge in [0.05, 0.1) is 0 Å². The minimum absolute atomic E-state index is 0.0888. The highest BCUT2D eigenvalue weighted by Crippen LogP contribution is 2.13. The molecule has 2 heteroatoms. The standard InChI is InChI=1S/C16H23NO/c1-13(2)14(3)17(4)12-16-8-5-7-15(11-16)9-6-10-18/h5,7-8,11,13-14,18H,10,12H2,1-4H3. The lowest BCUT2D eigenvalue weighted by atomic mass is 10.0. The first kappa shape index (κ1) is 14.8. The molecule has 0 fully saturated rings. The van der Waals surface area contributed by atoms with Gasteiger partial charge in [-0.05, 0) is 37.6 Å². The number of rotatable bonds is 4. The molecule has 0 aromatic heterocycles. The molecule has 0 spiro atoms. The molecule has 1 N–H and O–H groups in total. The molecule has 18 heavy (non-hydrogen) atoms. The highest BCUT2D eigenvalue weighted by Gasteiger charge is 2.12. The smallest absolute Gasteiger partial charge is 0.104 e. The Morgan fingerprint density at radius 1 is 1.28 bits per heavy atom. The number of hydrogen-bond acceptors (Lipinski definition) is 2. The predicted octanol–water partition coefficient (Wildman–Crippen LogP) is 2.51. The van der Waals surface area contributed by atoms with Crippen LogP contribution >= 0.6 is 0 Å². The molecule has 0 aliphatic carbocycles. The number of benzene rings is 1. The van der Waals surface area contributed by atoms with Gasteiger partial charge in [0.1, 0.15) is 6.61 Å². The van der Waals surface area contributed by atoms with Crippen molar-refractivity contribution in [3.05, 3.63) is 35.4 Å². The Bertz CT molecular complexity index is 428. The largest absolute Gasteiger partial charge is 0.384 e. The minimum Gasteiger partial charge on any atom is -0.384 e. The molecule has 98 valence electrons. The van der Waals surface area contributed by atoms with E-state index in [2.05, 4.69) is 56.7 Å². The molecule has 0 saturated carbocycles. The van der Waals surface area contributed by atoms with Crippen molar-refractivity contribution in [3.63, 3.8) is 0 Å². The van der Waals surface area contributed by atoms with Crippen LogP contribution in [0.4, 0.5) is 0 Å². The fourth-order valence-corrected chi connectivity index (χ4v) is 1.83. The van der Waals surface area contributed by atoms with Crippen molar-refractivity contribution in [1.82, 2.24) is 4.90 Å². The van der Waals surface area contributed by atoms with Crippen LogP contribution in [-0.4, -0.2) is 29.7 Å². The highest BCUT2D eigenvalue weighted by molar-refractivity contribution is 5.37. The van der Waals surface area contributed by atoms with Gasteiger partial charge in [-0.3, -0.25) is 4.90 Å². The van der Waals surface area contributed by atoms with Crippen molar-refractivity contribution in [2.24, 2.45) is 5.92 Å². The molecule has 1 aromatic carbocycles. The van der Waals surface area contributed by atoms with Crippen LogP contribution in [0.2, 0.25) is 0 Å². The number of hydrogen-bond donors (Lipinski definition) is 1. The Balaban J connectivity index is 2.73. The average Bonchev–Trinajstić information content (AvgIpc) is 2.35. The molecule has 0 radical (unpaired) electrons. The van der Waals surface area contributed by atoms with Crippen molar-refractivity contribution < 1.29 is 5.11 Å². The van der Waals surface area contributed by atoms with Crippen LogP contribution < -0.4 is 0 Å². The van der Waals surface area contributed by atoms with E-state index in [9.17, 15) is 0 Å². The lowest BCUT2D eigenvalue weighted by molar-refractivity contribution is 0.200. The second kappa shape index (κ2) is 7.20. The van der Waals surface area contributed by atoms with Gasteiger partial charge in [0, 0.05) is 18.2 Å². The van der Waals surface area contributed by atoms with Crippen LogP contribution in [0.1, 0.15) is 31.9 Å². The first-order chi connectivity index (χ1) is 8.54. The van der Waals surface area contributed by atoms with Crippen LogP contribution in [0.15, 0.2) is 24.3 Å². The molecular formula is C16H23NO. The van der Waals surface area contributed by atoms with E-state index in [1.165, 1.54) is 5.56 Å². The number of nitrogens with zero attached hydrogens (tertiary/aromatic N) is 1. The van der Waals surface area contributed by atoms with E-state index in [-0.39, 0.29) is 6.61 Å². The summed E-state index contributed by atoms with van der Waals surface area (Å²) in [5, 5.41) is 8.69. The molecule has 0 saturated heterocycles. The minimum atomic E-state index is -0.0888. The Labute approximate surface area is 111 Å². The first-order valence-electron chi connectivity index (χ1n) is 6.43. The van der Waals surface area contributed by atoms with Gasteiger partial charge in [0.15, 0.2) is 0 Å². The van der Waals surface area contributed by atoms with Gasteiger partial charge in [-0.2, -0.15) is 0 Å². The third-order valence-electron chi connectivity index (χ3n) is 3.33. The van der Waals surface area contributed by atoms with Gasteiger partial charge in [-0.1, -0.05) is 37.8 Å². The molecule has 0 amide bonds. The van der Waals surface area contributed by atoms with Crippen LogP contribution in [0.3, 0.4) is 0 Å². The fraction of sp³-hybridized carbons (Fsp3) is 0.500. The lowest BCUT2D eigenvalue weighted by Crippen LogP contribution is -2.32. The van der Waals surface area contributed by atoms with Crippen molar-refractivity contribution >= 4 is 0 Å². The molecule has 0 heterocycles. The summed E-state index contributed by atoms with van der Waals surface area (Å²) in [4.78, 5) is 2.35. The van der Waals surface area contributed by atoms with Crippen LogP contribution in [0.25, 0.3) is 0 Å². The number of aliphatic hydroxyl groups excluding tert-OH is 1. The van der Waals surface area contributed by atoms with Crippen LogP contribution in [-0.2, 0) is 6.54 Å². The normalized spacial score (nSPS) is 12.4. The number of aliphatic hydroxyl groups is 1. The third kappa shape index (κ3) is 4.52. The fourth-order valence-electron chi connectivity index (χ4n) is 1.83. The van der Waals surface area contributed by atoms with Gasteiger partial charge in [0.25, 0.3) is 0 Å². The van der Waals surface area contributed by atoms with E-state index < -0.39 is 0 Å².